The van der Waals surface area contributed by atoms with Crippen molar-refractivity contribution < 1.29 is 19.1 Å². The third kappa shape index (κ3) is 2.01. The minimum atomic E-state index is -1.07. The van der Waals surface area contributed by atoms with E-state index in [-0.39, 0.29) is 5.92 Å². The number of hydrogen-bond acceptors (Lipinski definition) is 4. The molecule has 0 heterocycles. The number of allylic oxidation sites excluding steroid dienone is 3. The van der Waals surface area contributed by atoms with Gasteiger partial charge in [0, 0.05) is 0 Å². The van der Waals surface area contributed by atoms with Crippen molar-refractivity contribution in [3.63, 3.8) is 0 Å². The molecule has 1 saturated carbocycles. The second kappa shape index (κ2) is 4.96. The molecule has 1 fully saturated rings. The predicted molar refractivity (Wildman–Crippen MR) is 58.5 cm³/mol. The quantitative estimate of drug-likeness (QED) is 0.403. The Morgan fingerprint density at radius 1 is 1.38 bits per heavy atom. The molecule has 0 aliphatic heterocycles. The van der Waals surface area contributed by atoms with Crippen molar-refractivity contribution in [2.45, 2.75) is 12.8 Å². The van der Waals surface area contributed by atoms with Gasteiger partial charge in [-0.15, -0.1) is 0 Å². The van der Waals surface area contributed by atoms with Gasteiger partial charge < -0.3 is 9.47 Å². The Labute approximate surface area is 94.9 Å². The molecule has 0 amide bonds. The van der Waals surface area contributed by atoms with Crippen molar-refractivity contribution in [1.82, 2.24) is 0 Å². The zero-order chi connectivity index (χ0) is 12.2. The topological polar surface area (TPSA) is 52.6 Å². The van der Waals surface area contributed by atoms with Crippen molar-refractivity contribution in [1.29, 1.82) is 0 Å². The van der Waals surface area contributed by atoms with Gasteiger partial charge in [-0.25, -0.2) is 0 Å². The lowest BCUT2D eigenvalue weighted by atomic mass is 10.0. The molecule has 1 aliphatic rings. The minimum absolute atomic E-state index is 0.0244. The average Bonchev–Trinajstić information content (AvgIpc) is 3.03. The largest absolute Gasteiger partial charge is 0.468 e. The summed E-state index contributed by atoms with van der Waals surface area (Å²) in [6.07, 6.45) is 6.47. The van der Waals surface area contributed by atoms with Crippen LogP contribution in [0.2, 0.25) is 0 Å². The highest BCUT2D eigenvalue weighted by molar-refractivity contribution is 6.03. The molecule has 0 aromatic heterocycles. The van der Waals surface area contributed by atoms with E-state index in [1.807, 2.05) is 6.08 Å². The molecule has 1 unspecified atom stereocenters. The minimum Gasteiger partial charge on any atom is -0.468 e. The molecule has 0 radical (unpaired) electrons. The maximum Gasteiger partial charge on any atom is 0.323 e. The first kappa shape index (κ1) is 12.5. The molecule has 1 aliphatic carbocycles. The molecule has 0 aromatic rings. The maximum absolute atomic E-state index is 11.6. The van der Waals surface area contributed by atoms with E-state index in [0.717, 1.165) is 0 Å². The second-order valence-electron chi connectivity index (χ2n) is 3.76. The second-order valence-corrected chi connectivity index (χ2v) is 3.76. The molecule has 0 bridgehead atoms. The van der Waals surface area contributed by atoms with E-state index in [4.69, 9.17) is 0 Å². The Balaban J connectivity index is 2.72. The number of ether oxygens (including phenoxy) is 2. The average molecular weight is 224 g/mol. The predicted octanol–water partition coefficient (Wildman–Crippen LogP) is 1.47. The summed E-state index contributed by atoms with van der Waals surface area (Å²) < 4.78 is 9.31. The molecular weight excluding hydrogens is 208 g/mol. The lowest BCUT2D eigenvalue weighted by Gasteiger charge is -2.11. The van der Waals surface area contributed by atoms with E-state index in [2.05, 4.69) is 16.1 Å². The van der Waals surface area contributed by atoms with Crippen LogP contribution in [0, 0.1) is 11.3 Å². The number of methoxy groups -OCH3 is 2. The van der Waals surface area contributed by atoms with Crippen molar-refractivity contribution in [3.8, 4) is 0 Å². The Morgan fingerprint density at radius 3 is 2.38 bits per heavy atom. The molecule has 0 aromatic carbocycles. The monoisotopic (exact) mass is 224 g/mol. The van der Waals surface area contributed by atoms with E-state index >= 15 is 0 Å². The van der Waals surface area contributed by atoms with Gasteiger partial charge in [0.25, 0.3) is 0 Å². The fraction of sp³-hybridized carbons (Fsp3) is 0.500. The van der Waals surface area contributed by atoms with Gasteiger partial charge in [0.05, 0.1) is 14.2 Å². The number of rotatable bonds is 5. The van der Waals surface area contributed by atoms with Crippen LogP contribution in [-0.4, -0.2) is 26.2 Å². The summed E-state index contributed by atoms with van der Waals surface area (Å²) in [6, 6.07) is 0. The zero-order valence-electron chi connectivity index (χ0n) is 9.56. The molecule has 4 nitrogen and oxygen atoms in total. The van der Waals surface area contributed by atoms with Crippen LogP contribution in [0.5, 0.6) is 0 Å². The van der Waals surface area contributed by atoms with Crippen LogP contribution in [-0.2, 0) is 19.1 Å². The van der Waals surface area contributed by atoms with Crippen molar-refractivity contribution >= 4 is 11.9 Å². The highest BCUT2D eigenvalue weighted by Crippen LogP contribution is 2.56. The lowest BCUT2D eigenvalue weighted by molar-refractivity contribution is -0.162. The van der Waals surface area contributed by atoms with Crippen molar-refractivity contribution in [2.24, 2.45) is 11.3 Å². The van der Waals surface area contributed by atoms with Gasteiger partial charge in [-0.3, -0.25) is 9.59 Å². The number of carbonyl (C=O) groups is 2. The smallest absolute Gasteiger partial charge is 0.323 e. The van der Waals surface area contributed by atoms with Crippen molar-refractivity contribution in [2.75, 3.05) is 14.2 Å². The number of esters is 2. The molecule has 1 rings (SSSR count). The summed E-state index contributed by atoms with van der Waals surface area (Å²) in [7, 11) is 2.56. The van der Waals surface area contributed by atoms with Gasteiger partial charge in [-0.1, -0.05) is 24.8 Å². The van der Waals surface area contributed by atoms with Crippen molar-refractivity contribution in [3.05, 3.63) is 24.8 Å². The van der Waals surface area contributed by atoms with E-state index < -0.39 is 17.4 Å². The Kier molecular flexibility index (Phi) is 3.88. The molecule has 88 valence electrons. The SMILES string of the molecule is C=C/C=C/CC1CC1(C(=O)OC)C(=O)OC. The van der Waals surface area contributed by atoms with Crippen LogP contribution < -0.4 is 0 Å². The van der Waals surface area contributed by atoms with Crippen LogP contribution in [0.4, 0.5) is 0 Å². The van der Waals surface area contributed by atoms with Gasteiger partial charge in [-0.2, -0.15) is 0 Å². The summed E-state index contributed by atoms with van der Waals surface area (Å²) >= 11 is 0. The molecule has 0 saturated heterocycles. The van der Waals surface area contributed by atoms with E-state index in [1.165, 1.54) is 14.2 Å². The highest BCUT2D eigenvalue weighted by atomic mass is 16.5. The van der Waals surface area contributed by atoms with Crippen LogP contribution in [0.15, 0.2) is 24.8 Å². The number of hydrogen-bond donors (Lipinski definition) is 0. The molecule has 4 heteroatoms. The Morgan fingerprint density at radius 2 is 1.94 bits per heavy atom. The van der Waals surface area contributed by atoms with Crippen LogP contribution in [0.3, 0.4) is 0 Å². The number of carbonyl (C=O) groups excluding carboxylic acids is 2. The summed E-state index contributed by atoms with van der Waals surface area (Å²) in [5.74, 6) is -1.03. The maximum atomic E-state index is 11.6. The van der Waals surface area contributed by atoms with Gasteiger partial charge in [-0.05, 0) is 18.8 Å². The van der Waals surface area contributed by atoms with Gasteiger partial charge in [0.15, 0.2) is 5.41 Å². The van der Waals surface area contributed by atoms with Gasteiger partial charge in [0.1, 0.15) is 0 Å². The molecule has 0 spiro atoms. The highest BCUT2D eigenvalue weighted by Gasteiger charge is 2.67. The first-order valence-corrected chi connectivity index (χ1v) is 5.07. The van der Waals surface area contributed by atoms with Crippen LogP contribution in [0.25, 0.3) is 0 Å². The molecule has 16 heavy (non-hydrogen) atoms. The van der Waals surface area contributed by atoms with Gasteiger partial charge in [0.2, 0.25) is 0 Å². The molecule has 0 N–H and O–H groups in total. The first-order valence-electron chi connectivity index (χ1n) is 5.07. The standard InChI is InChI=1S/C12H16O4/c1-4-5-6-7-9-8-12(9,10(13)15-2)11(14)16-3/h4-6,9H,1,7-8H2,2-3H3/b6-5+. The summed E-state index contributed by atoms with van der Waals surface area (Å²) in [5.41, 5.74) is -1.07. The third-order valence-corrected chi connectivity index (χ3v) is 2.90. The lowest BCUT2D eigenvalue weighted by Crippen LogP contribution is -2.30. The Bertz CT molecular complexity index is 314. The normalized spacial score (nSPS) is 21.5. The summed E-state index contributed by atoms with van der Waals surface area (Å²) in [4.78, 5) is 23.1. The summed E-state index contributed by atoms with van der Waals surface area (Å²) in [5, 5.41) is 0. The van der Waals surface area contributed by atoms with Crippen LogP contribution >= 0.6 is 0 Å². The first-order chi connectivity index (χ1) is 7.63. The van der Waals surface area contributed by atoms with Gasteiger partial charge >= 0.3 is 11.9 Å². The third-order valence-electron chi connectivity index (χ3n) is 2.90. The summed E-state index contributed by atoms with van der Waals surface area (Å²) in [6.45, 7) is 3.55. The van der Waals surface area contributed by atoms with E-state index in [9.17, 15) is 9.59 Å². The van der Waals surface area contributed by atoms with E-state index in [0.29, 0.717) is 12.8 Å². The van der Waals surface area contributed by atoms with E-state index in [1.54, 1.807) is 12.2 Å². The Hall–Kier alpha value is -1.58. The molecule has 1 atom stereocenters. The zero-order valence-corrected chi connectivity index (χ0v) is 9.56. The fourth-order valence-corrected chi connectivity index (χ4v) is 1.90. The van der Waals surface area contributed by atoms with Crippen LogP contribution in [0.1, 0.15) is 12.8 Å². The molecular formula is C12H16O4. The fourth-order valence-electron chi connectivity index (χ4n) is 1.90.